The molecule has 146 valence electrons. The molecule has 0 aromatic heterocycles. The lowest BCUT2D eigenvalue weighted by Gasteiger charge is -2.29. The number of hydrogen-bond acceptors (Lipinski definition) is 5. The maximum absolute atomic E-state index is 12.6. The van der Waals surface area contributed by atoms with Gasteiger partial charge in [-0.3, -0.25) is 4.90 Å². The summed E-state index contributed by atoms with van der Waals surface area (Å²) in [5, 5.41) is 0. The van der Waals surface area contributed by atoms with Crippen LogP contribution in [0.15, 0.2) is 18.2 Å². The van der Waals surface area contributed by atoms with Gasteiger partial charge in [0.1, 0.15) is 0 Å². The number of hydrogen-bond donors (Lipinski definition) is 0. The van der Waals surface area contributed by atoms with Crippen LogP contribution in [0.3, 0.4) is 0 Å². The highest BCUT2D eigenvalue weighted by Crippen LogP contribution is 2.28. The number of benzene rings is 1. The summed E-state index contributed by atoms with van der Waals surface area (Å²) in [6, 6.07) is 5.79. The fourth-order valence-corrected chi connectivity index (χ4v) is 3.03. The van der Waals surface area contributed by atoms with Crippen molar-refractivity contribution in [2.75, 3.05) is 67.7 Å². The van der Waals surface area contributed by atoms with Crippen molar-refractivity contribution in [3.05, 3.63) is 23.8 Å². The molecule has 0 aliphatic carbocycles. The second-order valence-electron chi connectivity index (χ2n) is 6.60. The van der Waals surface area contributed by atoms with Crippen LogP contribution in [-0.2, 0) is 11.3 Å². The number of rotatable bonds is 8. The lowest BCUT2D eigenvalue weighted by atomic mass is 10.2. The van der Waals surface area contributed by atoms with Gasteiger partial charge in [-0.05, 0) is 24.1 Å². The molecule has 7 nitrogen and oxygen atoms in total. The van der Waals surface area contributed by atoms with Gasteiger partial charge in [-0.2, -0.15) is 0 Å². The van der Waals surface area contributed by atoms with E-state index in [1.807, 2.05) is 23.1 Å². The molecule has 0 N–H and O–H groups in total. The van der Waals surface area contributed by atoms with Gasteiger partial charge in [0.25, 0.3) is 0 Å². The molecular weight excluding hydrogens is 334 g/mol. The van der Waals surface area contributed by atoms with Gasteiger partial charge < -0.3 is 24.0 Å². The Balaban J connectivity index is 1.98. The van der Waals surface area contributed by atoms with Crippen LogP contribution in [0.2, 0.25) is 0 Å². The molecule has 1 aromatic carbocycles. The lowest BCUT2D eigenvalue weighted by Crippen LogP contribution is -2.41. The highest BCUT2D eigenvalue weighted by Gasteiger charge is 2.18. The number of morpholine rings is 1. The van der Waals surface area contributed by atoms with E-state index in [1.165, 1.54) is 0 Å². The Hall–Kier alpha value is -1.99. The van der Waals surface area contributed by atoms with Gasteiger partial charge >= 0.3 is 6.03 Å². The third-order valence-corrected chi connectivity index (χ3v) is 4.48. The predicted molar refractivity (Wildman–Crippen MR) is 101 cm³/mol. The Bertz CT molecular complexity index is 574. The van der Waals surface area contributed by atoms with E-state index >= 15 is 0 Å². The van der Waals surface area contributed by atoms with Crippen molar-refractivity contribution in [3.8, 4) is 11.5 Å². The lowest BCUT2D eigenvalue weighted by molar-refractivity contribution is 0.0363. The van der Waals surface area contributed by atoms with Crippen LogP contribution in [0.5, 0.6) is 11.5 Å². The molecule has 7 heteroatoms. The molecule has 0 bridgehead atoms. The first kappa shape index (κ1) is 20.3. The number of carbonyl (C=O) groups excluding carboxylic acids is 1. The van der Waals surface area contributed by atoms with Crippen molar-refractivity contribution < 1.29 is 19.0 Å². The SMILES string of the molecule is COc1ccc(CN(CCCN2CCOCC2)C(=O)N(C)C)cc1OC. The van der Waals surface area contributed by atoms with Gasteiger partial charge in [-0.1, -0.05) is 6.07 Å². The third-order valence-electron chi connectivity index (χ3n) is 4.48. The van der Waals surface area contributed by atoms with Crippen molar-refractivity contribution in [1.29, 1.82) is 0 Å². The van der Waals surface area contributed by atoms with E-state index in [0.29, 0.717) is 24.6 Å². The normalized spacial score (nSPS) is 14.8. The molecule has 2 rings (SSSR count). The number of carbonyl (C=O) groups is 1. The Kier molecular flexibility index (Phi) is 8.00. The van der Waals surface area contributed by atoms with Gasteiger partial charge in [0.05, 0.1) is 27.4 Å². The van der Waals surface area contributed by atoms with E-state index in [4.69, 9.17) is 14.2 Å². The summed E-state index contributed by atoms with van der Waals surface area (Å²) in [5.74, 6) is 1.37. The molecule has 1 heterocycles. The molecule has 0 saturated carbocycles. The molecule has 0 unspecified atom stereocenters. The van der Waals surface area contributed by atoms with Gasteiger partial charge in [0.15, 0.2) is 11.5 Å². The number of amides is 2. The second kappa shape index (κ2) is 10.2. The molecule has 1 saturated heterocycles. The summed E-state index contributed by atoms with van der Waals surface area (Å²) < 4.78 is 16.0. The first-order chi connectivity index (χ1) is 12.5. The zero-order chi connectivity index (χ0) is 18.9. The molecule has 1 aliphatic heterocycles. The summed E-state index contributed by atoms with van der Waals surface area (Å²) in [6.45, 7) is 5.77. The van der Waals surface area contributed by atoms with Crippen LogP contribution >= 0.6 is 0 Å². The minimum Gasteiger partial charge on any atom is -0.493 e. The minimum atomic E-state index is 0.0155. The summed E-state index contributed by atoms with van der Waals surface area (Å²) in [7, 11) is 6.80. The van der Waals surface area contributed by atoms with E-state index in [0.717, 1.165) is 44.8 Å². The topological polar surface area (TPSA) is 54.5 Å². The quantitative estimate of drug-likeness (QED) is 0.704. The smallest absolute Gasteiger partial charge is 0.319 e. The third kappa shape index (κ3) is 5.78. The first-order valence-electron chi connectivity index (χ1n) is 9.02. The molecule has 0 atom stereocenters. The Labute approximate surface area is 156 Å². The molecule has 0 spiro atoms. The Morgan fingerprint density at radius 1 is 1.15 bits per heavy atom. The van der Waals surface area contributed by atoms with Crippen LogP contribution in [0.1, 0.15) is 12.0 Å². The standard InChI is InChI=1S/C19H31N3O4/c1-20(2)19(23)22(9-5-8-21-10-12-26-13-11-21)15-16-6-7-17(24-3)18(14-16)25-4/h6-7,14H,5,8-13,15H2,1-4H3. The van der Waals surface area contributed by atoms with Crippen LogP contribution in [-0.4, -0.2) is 88.4 Å². The first-order valence-corrected chi connectivity index (χ1v) is 9.02. The molecule has 2 amide bonds. The van der Waals surface area contributed by atoms with Crippen molar-refractivity contribution in [2.24, 2.45) is 0 Å². The summed E-state index contributed by atoms with van der Waals surface area (Å²) in [4.78, 5) is 18.5. The van der Waals surface area contributed by atoms with E-state index < -0.39 is 0 Å². The van der Waals surface area contributed by atoms with Gasteiger partial charge in [-0.25, -0.2) is 4.79 Å². The maximum atomic E-state index is 12.6. The van der Waals surface area contributed by atoms with Crippen molar-refractivity contribution in [2.45, 2.75) is 13.0 Å². The van der Waals surface area contributed by atoms with E-state index in [9.17, 15) is 4.79 Å². The number of ether oxygens (including phenoxy) is 3. The Morgan fingerprint density at radius 2 is 1.85 bits per heavy atom. The minimum absolute atomic E-state index is 0.0155. The van der Waals surface area contributed by atoms with Gasteiger partial charge in [-0.15, -0.1) is 0 Å². The number of methoxy groups -OCH3 is 2. The van der Waals surface area contributed by atoms with Crippen molar-refractivity contribution in [1.82, 2.24) is 14.7 Å². The van der Waals surface area contributed by atoms with Crippen molar-refractivity contribution >= 4 is 6.03 Å². The maximum Gasteiger partial charge on any atom is 0.319 e. The summed E-state index contributed by atoms with van der Waals surface area (Å²) in [6.07, 6.45) is 0.937. The monoisotopic (exact) mass is 365 g/mol. The summed E-state index contributed by atoms with van der Waals surface area (Å²) in [5.41, 5.74) is 1.02. The highest BCUT2D eigenvalue weighted by molar-refractivity contribution is 5.73. The van der Waals surface area contributed by atoms with E-state index in [1.54, 1.807) is 33.2 Å². The second-order valence-corrected chi connectivity index (χ2v) is 6.60. The molecule has 1 aromatic rings. The van der Waals surface area contributed by atoms with Gasteiger partial charge in [0.2, 0.25) is 0 Å². The van der Waals surface area contributed by atoms with E-state index in [-0.39, 0.29) is 6.03 Å². The highest BCUT2D eigenvalue weighted by atomic mass is 16.5. The molecular formula is C19H31N3O4. The average molecular weight is 365 g/mol. The van der Waals surface area contributed by atoms with Gasteiger partial charge in [0, 0.05) is 46.8 Å². The Morgan fingerprint density at radius 3 is 2.46 bits per heavy atom. The van der Waals surface area contributed by atoms with Crippen LogP contribution in [0.4, 0.5) is 4.79 Å². The fourth-order valence-electron chi connectivity index (χ4n) is 3.03. The molecule has 1 aliphatic rings. The molecule has 0 radical (unpaired) electrons. The zero-order valence-electron chi connectivity index (χ0n) is 16.4. The number of nitrogens with zero attached hydrogens (tertiary/aromatic N) is 3. The van der Waals surface area contributed by atoms with Crippen LogP contribution in [0.25, 0.3) is 0 Å². The van der Waals surface area contributed by atoms with Crippen LogP contribution in [0, 0.1) is 0 Å². The van der Waals surface area contributed by atoms with Crippen molar-refractivity contribution in [3.63, 3.8) is 0 Å². The molecule has 1 fully saturated rings. The summed E-state index contributed by atoms with van der Waals surface area (Å²) >= 11 is 0. The number of urea groups is 1. The fraction of sp³-hybridized carbons (Fsp3) is 0.632. The largest absolute Gasteiger partial charge is 0.493 e. The average Bonchev–Trinajstić information content (AvgIpc) is 2.67. The van der Waals surface area contributed by atoms with E-state index in [2.05, 4.69) is 4.90 Å². The zero-order valence-corrected chi connectivity index (χ0v) is 16.4. The molecule has 26 heavy (non-hydrogen) atoms. The van der Waals surface area contributed by atoms with Crippen LogP contribution < -0.4 is 9.47 Å². The predicted octanol–water partition coefficient (Wildman–Crippen LogP) is 1.91.